The summed E-state index contributed by atoms with van der Waals surface area (Å²) >= 11 is 59.2. The number of aliphatic hydroxyl groups excluding tert-OH is 1. The van der Waals surface area contributed by atoms with E-state index in [1.54, 1.807) is 0 Å². The van der Waals surface area contributed by atoms with Crippen LogP contribution in [0, 0.1) is 0 Å². The van der Waals surface area contributed by atoms with Crippen LogP contribution in [0.3, 0.4) is 0 Å². The van der Waals surface area contributed by atoms with Crippen molar-refractivity contribution in [2.75, 3.05) is 0 Å². The van der Waals surface area contributed by atoms with E-state index in [4.69, 9.17) is 116 Å². The molecular weight excluding hydrogens is 503 g/mol. The Morgan fingerprint density at radius 3 is 1.23 bits per heavy atom. The fourth-order valence-electron chi connectivity index (χ4n) is 1.65. The predicted molar refractivity (Wildman–Crippen MR) is 99.7 cm³/mol. The Morgan fingerprint density at radius 2 is 1.00 bits per heavy atom. The first-order valence-electron chi connectivity index (χ1n) is 5.30. The lowest BCUT2D eigenvalue weighted by molar-refractivity contribution is 0.278. The highest BCUT2D eigenvalue weighted by molar-refractivity contribution is 6.76. The Labute approximate surface area is 177 Å². The van der Waals surface area contributed by atoms with E-state index in [1.807, 2.05) is 0 Å². The van der Waals surface area contributed by atoms with Crippen LogP contribution in [0.4, 0.5) is 0 Å². The molecule has 0 saturated heterocycles. The third-order valence-electron chi connectivity index (χ3n) is 2.72. The summed E-state index contributed by atoms with van der Waals surface area (Å²) in [6.07, 6.45) is 0. The number of hydrogen-bond acceptors (Lipinski definition) is 1. The van der Waals surface area contributed by atoms with Gasteiger partial charge < -0.3 is 5.11 Å². The molecule has 22 heavy (non-hydrogen) atoms. The molecule has 0 radical (unpaired) electrons. The molecule has 0 fully saturated rings. The maximum atomic E-state index is 9.66. The van der Waals surface area contributed by atoms with E-state index in [1.165, 1.54) is 18.2 Å². The first-order chi connectivity index (χ1) is 9.68. The van der Waals surface area contributed by atoms with Crippen molar-refractivity contribution in [1.29, 1.82) is 0 Å². The number of rotatable bonds is 3. The van der Waals surface area contributed by atoms with E-state index < -0.39 is 22.9 Å². The molecule has 0 aliphatic carbocycles. The van der Waals surface area contributed by atoms with Crippen molar-refractivity contribution in [3.05, 3.63) is 34.9 Å². The molecule has 126 valence electrons. The highest BCUT2D eigenvalue weighted by atomic mass is 35.6. The number of benzene rings is 1. The summed E-state index contributed by atoms with van der Waals surface area (Å²) in [4.78, 5) is 0. The van der Waals surface area contributed by atoms with Crippen LogP contribution in [0.5, 0.6) is 0 Å². The molecule has 0 aromatic heterocycles. The van der Waals surface area contributed by atoms with Gasteiger partial charge in [-0.15, -0.1) is 0 Å². The number of aliphatic hydroxyl groups is 1. The van der Waals surface area contributed by atoms with Crippen LogP contribution in [0.1, 0.15) is 16.7 Å². The van der Waals surface area contributed by atoms with Crippen LogP contribution in [-0.4, -0.2) is 12.7 Å². The topological polar surface area (TPSA) is 20.2 Å². The first-order valence-corrected chi connectivity index (χ1v) is 9.08. The normalized spacial score (nSPS) is 14.3. The maximum absolute atomic E-state index is 9.66. The zero-order valence-corrected chi connectivity index (χ0v) is 17.7. The molecule has 1 nitrogen and oxygen atoms in total. The van der Waals surface area contributed by atoms with Gasteiger partial charge in [0.05, 0.1) is 6.61 Å². The molecule has 0 atom stereocenters. The highest BCUT2D eigenvalue weighted by Crippen LogP contribution is 2.57. The minimum absolute atomic E-state index is 0.0655. The van der Waals surface area contributed by atoms with Crippen LogP contribution in [0.2, 0.25) is 0 Å². The summed E-state index contributed by atoms with van der Waals surface area (Å²) in [5.41, 5.74) is 0.210. The molecule has 1 N–H and O–H groups in total. The van der Waals surface area contributed by atoms with E-state index in [-0.39, 0.29) is 16.7 Å². The third kappa shape index (κ3) is 4.24. The zero-order valence-electron chi connectivity index (χ0n) is 10.2. The second kappa shape index (κ2) is 7.37. The summed E-state index contributed by atoms with van der Waals surface area (Å²) in [5, 5.41) is 9.66. The van der Waals surface area contributed by atoms with Gasteiger partial charge >= 0.3 is 0 Å². The molecule has 0 unspecified atom stereocenters. The standard InChI is InChI=1S/C11H6Cl10O/c12-8(13,10(16,17)18)6-2-1-3-7(5(6)4-22)9(14,15)11(19,20)21/h1-3,22H,4H2. The second-order valence-electron chi connectivity index (χ2n) is 4.13. The summed E-state index contributed by atoms with van der Waals surface area (Å²) < 4.78 is -8.24. The molecular formula is C11H6Cl10O. The summed E-state index contributed by atoms with van der Waals surface area (Å²) in [5.74, 6) is 0. The average Bonchev–Trinajstić information content (AvgIpc) is 2.34. The van der Waals surface area contributed by atoms with Crippen LogP contribution in [-0.2, 0) is 15.3 Å². The largest absolute Gasteiger partial charge is 0.392 e. The second-order valence-corrected chi connectivity index (χ2v) is 11.4. The fraction of sp³-hybridized carbons (Fsp3) is 0.455. The molecule has 0 aliphatic rings. The molecule has 0 amide bonds. The molecule has 0 bridgehead atoms. The van der Waals surface area contributed by atoms with E-state index in [0.717, 1.165) is 0 Å². The Bertz CT molecular complexity index is 499. The smallest absolute Gasteiger partial charge is 0.227 e. The van der Waals surface area contributed by atoms with E-state index in [9.17, 15) is 5.11 Å². The lowest BCUT2D eigenvalue weighted by Gasteiger charge is -2.34. The first kappa shape index (κ1) is 22.1. The number of alkyl halides is 10. The molecule has 1 aromatic rings. The van der Waals surface area contributed by atoms with Crippen molar-refractivity contribution in [3.8, 4) is 0 Å². The van der Waals surface area contributed by atoms with Gasteiger partial charge in [-0.25, -0.2) is 0 Å². The summed E-state index contributed by atoms with van der Waals surface area (Å²) in [6.45, 7) is -0.588. The predicted octanol–water partition coefficient (Wildman–Crippen LogP) is 7.18. The lowest BCUT2D eigenvalue weighted by atomic mass is 9.97. The fourth-order valence-corrected chi connectivity index (χ4v) is 2.97. The molecule has 0 saturated carbocycles. The van der Waals surface area contributed by atoms with Gasteiger partial charge in [-0.3, -0.25) is 0 Å². The molecule has 0 heterocycles. The molecule has 1 rings (SSSR count). The minimum atomic E-state index is -2.11. The molecule has 1 aromatic carbocycles. The van der Waals surface area contributed by atoms with Crippen LogP contribution < -0.4 is 0 Å². The Morgan fingerprint density at radius 1 is 0.682 bits per heavy atom. The van der Waals surface area contributed by atoms with Gasteiger partial charge in [-0.2, -0.15) is 0 Å². The SMILES string of the molecule is OCc1c(C(Cl)(Cl)C(Cl)(Cl)Cl)cccc1C(Cl)(Cl)C(Cl)(Cl)Cl. The Kier molecular flexibility index (Phi) is 7.41. The van der Waals surface area contributed by atoms with Crippen molar-refractivity contribution in [3.63, 3.8) is 0 Å². The lowest BCUT2D eigenvalue weighted by Crippen LogP contribution is -2.33. The monoisotopic (exact) mass is 504 g/mol. The molecule has 0 spiro atoms. The van der Waals surface area contributed by atoms with Crippen LogP contribution in [0.15, 0.2) is 18.2 Å². The third-order valence-corrected chi connectivity index (χ3v) is 7.53. The minimum Gasteiger partial charge on any atom is -0.392 e. The van der Waals surface area contributed by atoms with Gasteiger partial charge in [-0.1, -0.05) is 134 Å². The van der Waals surface area contributed by atoms with Crippen molar-refractivity contribution >= 4 is 116 Å². The van der Waals surface area contributed by atoms with Gasteiger partial charge in [0, 0.05) is 0 Å². The van der Waals surface area contributed by atoms with Crippen molar-refractivity contribution in [1.82, 2.24) is 0 Å². The molecule has 11 heteroatoms. The van der Waals surface area contributed by atoms with Gasteiger partial charge in [0.15, 0.2) is 8.67 Å². The zero-order chi connectivity index (χ0) is 17.6. The van der Waals surface area contributed by atoms with Crippen molar-refractivity contribution in [2.24, 2.45) is 0 Å². The summed E-state index contributed by atoms with van der Waals surface area (Å²) in [6, 6.07) is 4.33. The maximum Gasteiger partial charge on any atom is 0.227 e. The van der Waals surface area contributed by atoms with E-state index in [2.05, 4.69) is 0 Å². The van der Waals surface area contributed by atoms with Crippen molar-refractivity contribution < 1.29 is 5.11 Å². The van der Waals surface area contributed by atoms with Gasteiger partial charge in [0.2, 0.25) is 7.59 Å². The van der Waals surface area contributed by atoms with Crippen LogP contribution in [0.25, 0.3) is 0 Å². The van der Waals surface area contributed by atoms with Gasteiger partial charge in [-0.05, 0) is 16.7 Å². The van der Waals surface area contributed by atoms with E-state index >= 15 is 0 Å². The van der Waals surface area contributed by atoms with Crippen molar-refractivity contribution in [2.45, 2.75) is 22.9 Å². The number of hydrogen-bond donors (Lipinski definition) is 1. The highest BCUT2D eigenvalue weighted by Gasteiger charge is 2.52. The van der Waals surface area contributed by atoms with Crippen LogP contribution >= 0.6 is 116 Å². The Balaban J connectivity index is 3.66. The average molecular weight is 509 g/mol. The van der Waals surface area contributed by atoms with Gasteiger partial charge in [0.1, 0.15) is 0 Å². The Hall–Kier alpha value is 2.08. The molecule has 0 aliphatic heterocycles. The van der Waals surface area contributed by atoms with E-state index in [0.29, 0.717) is 0 Å². The summed E-state index contributed by atoms with van der Waals surface area (Å²) in [7, 11) is 0. The number of halogens is 10. The quantitative estimate of drug-likeness (QED) is 0.429. The van der Waals surface area contributed by atoms with Gasteiger partial charge in [0.25, 0.3) is 0 Å².